The molecule has 4 atom stereocenters. The van der Waals surface area contributed by atoms with Crippen LogP contribution in [0.25, 0.3) is 0 Å². The number of rotatable bonds is 5. The number of nitrogens with one attached hydrogen (secondary N) is 1. The molecule has 1 N–H and O–H groups in total. The summed E-state index contributed by atoms with van der Waals surface area (Å²) in [5, 5.41) is 5.79. The van der Waals surface area contributed by atoms with Crippen molar-refractivity contribution in [3.8, 4) is 0 Å². The molecule has 0 aliphatic heterocycles. The summed E-state index contributed by atoms with van der Waals surface area (Å²) < 4.78 is 0. The summed E-state index contributed by atoms with van der Waals surface area (Å²) in [6.45, 7) is 0. The van der Waals surface area contributed by atoms with Crippen molar-refractivity contribution in [2.24, 2.45) is 17.8 Å². The smallest absolute Gasteiger partial charge is 0.00985 e. The molecule has 94 valence electrons. The number of aryl methyl sites for hydroxylation is 1. The molecular formula is C15H23NS. The van der Waals surface area contributed by atoms with Crippen LogP contribution in [0.1, 0.15) is 37.0 Å². The molecule has 2 heteroatoms. The third-order valence-corrected chi connectivity index (χ3v) is 5.90. The molecule has 2 fully saturated rings. The van der Waals surface area contributed by atoms with E-state index in [9.17, 15) is 0 Å². The maximum Gasteiger partial charge on any atom is 0.00985 e. The second-order valence-electron chi connectivity index (χ2n) is 5.85. The first-order chi connectivity index (χ1) is 8.36. The van der Waals surface area contributed by atoms with Gasteiger partial charge in [-0.25, -0.2) is 0 Å². The highest BCUT2D eigenvalue weighted by Gasteiger charge is 2.42. The summed E-state index contributed by atoms with van der Waals surface area (Å²) in [5.74, 6) is 3.09. The highest BCUT2D eigenvalue weighted by atomic mass is 32.1. The van der Waals surface area contributed by atoms with Crippen molar-refractivity contribution >= 4 is 11.3 Å². The maximum atomic E-state index is 3.60. The van der Waals surface area contributed by atoms with E-state index in [0.29, 0.717) is 0 Å². The molecule has 0 radical (unpaired) electrons. The van der Waals surface area contributed by atoms with E-state index in [-0.39, 0.29) is 0 Å². The Labute approximate surface area is 109 Å². The molecule has 1 aromatic heterocycles. The Hall–Kier alpha value is -0.340. The summed E-state index contributed by atoms with van der Waals surface area (Å²) in [6, 6.07) is 5.21. The van der Waals surface area contributed by atoms with Gasteiger partial charge in [0.2, 0.25) is 0 Å². The van der Waals surface area contributed by atoms with Gasteiger partial charge in [0.1, 0.15) is 0 Å². The van der Waals surface area contributed by atoms with Gasteiger partial charge < -0.3 is 5.32 Å². The van der Waals surface area contributed by atoms with Crippen molar-refractivity contribution in [1.82, 2.24) is 5.32 Å². The predicted octanol–water partition coefficient (Wildman–Crippen LogP) is 3.70. The van der Waals surface area contributed by atoms with Gasteiger partial charge in [-0.2, -0.15) is 0 Å². The molecule has 2 bridgehead atoms. The topological polar surface area (TPSA) is 12.0 Å². The van der Waals surface area contributed by atoms with Crippen LogP contribution in [-0.2, 0) is 6.42 Å². The Morgan fingerprint density at radius 3 is 2.94 bits per heavy atom. The number of fused-ring (bicyclic) bond motifs is 2. The van der Waals surface area contributed by atoms with E-state index in [0.717, 1.165) is 23.8 Å². The van der Waals surface area contributed by atoms with Crippen LogP contribution < -0.4 is 5.32 Å². The second kappa shape index (κ2) is 5.11. The average molecular weight is 249 g/mol. The van der Waals surface area contributed by atoms with E-state index in [1.54, 1.807) is 4.88 Å². The molecule has 0 spiro atoms. The third-order valence-electron chi connectivity index (χ3n) is 4.96. The van der Waals surface area contributed by atoms with Crippen LogP contribution >= 0.6 is 11.3 Å². The Kier molecular flexibility index (Phi) is 3.53. The summed E-state index contributed by atoms with van der Waals surface area (Å²) in [6.07, 6.45) is 8.64. The van der Waals surface area contributed by atoms with Crippen molar-refractivity contribution in [1.29, 1.82) is 0 Å². The summed E-state index contributed by atoms with van der Waals surface area (Å²) in [5.41, 5.74) is 0. The third kappa shape index (κ3) is 2.43. The molecule has 2 aliphatic carbocycles. The van der Waals surface area contributed by atoms with Crippen LogP contribution in [0.15, 0.2) is 17.5 Å². The molecule has 2 saturated carbocycles. The van der Waals surface area contributed by atoms with Crippen molar-refractivity contribution in [3.63, 3.8) is 0 Å². The van der Waals surface area contributed by atoms with E-state index < -0.39 is 0 Å². The van der Waals surface area contributed by atoms with Gasteiger partial charge in [-0.1, -0.05) is 12.5 Å². The zero-order valence-electron chi connectivity index (χ0n) is 10.7. The Morgan fingerprint density at radius 1 is 1.41 bits per heavy atom. The van der Waals surface area contributed by atoms with Crippen LogP contribution in [0, 0.1) is 17.8 Å². The average Bonchev–Trinajstić information content (AvgIpc) is 3.07. The van der Waals surface area contributed by atoms with Crippen LogP contribution in [0.2, 0.25) is 0 Å². The van der Waals surface area contributed by atoms with Crippen LogP contribution in [-0.4, -0.2) is 13.1 Å². The number of hydrogen-bond donors (Lipinski definition) is 1. The maximum absolute atomic E-state index is 3.60. The molecule has 0 amide bonds. The first kappa shape index (κ1) is 11.7. The number of hydrogen-bond acceptors (Lipinski definition) is 2. The Balaban J connectivity index is 1.56. The van der Waals surface area contributed by atoms with Crippen LogP contribution in [0.5, 0.6) is 0 Å². The molecular weight excluding hydrogens is 226 g/mol. The summed E-state index contributed by atoms with van der Waals surface area (Å²) >= 11 is 1.91. The molecule has 1 heterocycles. The first-order valence-electron chi connectivity index (χ1n) is 7.06. The van der Waals surface area contributed by atoms with Gasteiger partial charge in [0.15, 0.2) is 0 Å². The minimum atomic E-state index is 0.757. The van der Waals surface area contributed by atoms with E-state index in [1.165, 1.54) is 38.5 Å². The van der Waals surface area contributed by atoms with Gasteiger partial charge in [-0.15, -0.1) is 11.3 Å². The largest absolute Gasteiger partial charge is 0.317 e. The van der Waals surface area contributed by atoms with Gasteiger partial charge in [-0.05, 0) is 68.4 Å². The standard InChI is InChI=1S/C15H23NS/c1-16-15(7-6-13-3-2-8-17-13)14-10-11-4-5-12(14)9-11/h2-3,8,11-12,14-16H,4-7,9-10H2,1H3. The predicted molar refractivity (Wildman–Crippen MR) is 74.4 cm³/mol. The van der Waals surface area contributed by atoms with E-state index in [1.807, 2.05) is 11.3 Å². The van der Waals surface area contributed by atoms with Gasteiger partial charge in [0.25, 0.3) is 0 Å². The summed E-state index contributed by atoms with van der Waals surface area (Å²) in [7, 11) is 2.16. The molecule has 2 aliphatic rings. The van der Waals surface area contributed by atoms with E-state index >= 15 is 0 Å². The van der Waals surface area contributed by atoms with Gasteiger partial charge in [0, 0.05) is 10.9 Å². The highest BCUT2D eigenvalue weighted by molar-refractivity contribution is 7.09. The fraction of sp³-hybridized carbons (Fsp3) is 0.733. The molecule has 1 aromatic rings. The first-order valence-corrected chi connectivity index (χ1v) is 7.94. The minimum Gasteiger partial charge on any atom is -0.317 e. The lowest BCUT2D eigenvalue weighted by Crippen LogP contribution is -2.36. The molecule has 4 unspecified atom stereocenters. The zero-order valence-corrected chi connectivity index (χ0v) is 11.5. The van der Waals surface area contributed by atoms with Crippen molar-refractivity contribution in [2.45, 2.75) is 44.6 Å². The van der Waals surface area contributed by atoms with Crippen LogP contribution in [0.4, 0.5) is 0 Å². The highest BCUT2D eigenvalue weighted by Crippen LogP contribution is 2.50. The molecule has 3 rings (SSSR count). The molecule has 1 nitrogen and oxygen atoms in total. The molecule has 17 heavy (non-hydrogen) atoms. The SMILES string of the molecule is CNC(CCc1cccs1)C1CC2CCC1C2. The Bertz CT molecular complexity index is 346. The van der Waals surface area contributed by atoms with Gasteiger partial charge in [0.05, 0.1) is 0 Å². The monoisotopic (exact) mass is 249 g/mol. The van der Waals surface area contributed by atoms with Gasteiger partial charge in [-0.3, -0.25) is 0 Å². The Morgan fingerprint density at radius 2 is 2.35 bits per heavy atom. The fourth-order valence-electron chi connectivity index (χ4n) is 4.11. The van der Waals surface area contributed by atoms with Crippen molar-refractivity contribution in [3.05, 3.63) is 22.4 Å². The fourth-order valence-corrected chi connectivity index (χ4v) is 4.84. The normalized spacial score (nSPS) is 33.1. The van der Waals surface area contributed by atoms with Crippen LogP contribution in [0.3, 0.4) is 0 Å². The van der Waals surface area contributed by atoms with Crippen molar-refractivity contribution in [2.75, 3.05) is 7.05 Å². The lowest BCUT2D eigenvalue weighted by atomic mass is 9.81. The van der Waals surface area contributed by atoms with E-state index in [4.69, 9.17) is 0 Å². The van der Waals surface area contributed by atoms with E-state index in [2.05, 4.69) is 29.9 Å². The molecule has 0 aromatic carbocycles. The molecule has 0 saturated heterocycles. The second-order valence-corrected chi connectivity index (χ2v) is 6.88. The van der Waals surface area contributed by atoms with Gasteiger partial charge >= 0.3 is 0 Å². The number of thiophene rings is 1. The summed E-state index contributed by atoms with van der Waals surface area (Å²) in [4.78, 5) is 1.55. The quantitative estimate of drug-likeness (QED) is 0.839. The lowest BCUT2D eigenvalue weighted by Gasteiger charge is -2.30. The van der Waals surface area contributed by atoms with Crippen molar-refractivity contribution < 1.29 is 0 Å². The lowest BCUT2D eigenvalue weighted by molar-refractivity contribution is 0.247. The zero-order chi connectivity index (χ0) is 11.7. The minimum absolute atomic E-state index is 0.757.